The monoisotopic (exact) mass is 420 g/mol. The first kappa shape index (κ1) is 20.6. The van der Waals surface area contributed by atoms with Crippen molar-refractivity contribution in [3.8, 4) is 0 Å². The fourth-order valence-corrected chi connectivity index (χ4v) is 6.05. The van der Waals surface area contributed by atoms with Gasteiger partial charge in [0.2, 0.25) is 5.91 Å². The van der Waals surface area contributed by atoms with Crippen LogP contribution in [0.2, 0.25) is 0 Å². The average molecular weight is 421 g/mol. The van der Waals surface area contributed by atoms with Crippen LogP contribution in [0.1, 0.15) is 20.3 Å². The van der Waals surface area contributed by atoms with Gasteiger partial charge in [0.05, 0.1) is 18.1 Å². The van der Waals surface area contributed by atoms with Crippen molar-refractivity contribution in [3.05, 3.63) is 10.6 Å². The number of hydrogen-bond acceptors (Lipinski definition) is 7. The van der Waals surface area contributed by atoms with Gasteiger partial charge in [0, 0.05) is 35.2 Å². The normalized spacial score (nSPS) is 34.6. The molecule has 3 heterocycles. The van der Waals surface area contributed by atoms with Crippen LogP contribution in [0, 0.1) is 11.8 Å². The van der Waals surface area contributed by atoms with E-state index in [0.29, 0.717) is 17.9 Å². The van der Waals surface area contributed by atoms with Crippen molar-refractivity contribution in [2.75, 3.05) is 13.1 Å². The van der Waals surface area contributed by atoms with Crippen molar-refractivity contribution in [1.29, 1.82) is 0 Å². The highest BCUT2D eigenvalue weighted by Crippen LogP contribution is 2.51. The third-order valence-electron chi connectivity index (χ3n) is 5.32. The number of carbonyl (C=O) groups is 2. The van der Waals surface area contributed by atoms with E-state index in [-0.39, 0.29) is 41.4 Å². The number of carboxylic acid groups (broad SMARTS) is 1. The van der Waals surface area contributed by atoms with E-state index < -0.39 is 28.2 Å². The molecule has 0 aliphatic carbocycles. The number of fused-ring (bicyclic) bond motifs is 1. The number of aliphatic hydroxyl groups is 1. The third kappa shape index (κ3) is 3.87. The Morgan fingerprint density at radius 2 is 2.19 bits per heavy atom. The van der Waals surface area contributed by atoms with E-state index in [1.54, 1.807) is 6.92 Å². The third-order valence-corrected chi connectivity index (χ3v) is 7.40. The molecule has 3 rings (SSSR count). The van der Waals surface area contributed by atoms with Crippen LogP contribution in [0.3, 0.4) is 0 Å². The highest BCUT2D eigenvalue weighted by Gasteiger charge is 2.60. The standard InChI is InChI=1S/C15H24N4O6S2/c1-6-11-10(7(2)20)14(21)19(11)12(15(22)23)13(6)26-9-3-8(17-5-9)4-18-27(16,24)25/h6-11,17-18,20H,3-5H2,1-2H3,(H,22,23)(H2,16,24,25)/t6-,7-,8-,9-,10+,11-/m1/s1. The number of aliphatic carboxylic acids is 1. The molecule has 152 valence electrons. The fraction of sp³-hybridized carbons (Fsp3) is 0.733. The van der Waals surface area contributed by atoms with Gasteiger partial charge in [0.25, 0.3) is 10.2 Å². The van der Waals surface area contributed by atoms with Gasteiger partial charge in [0.15, 0.2) is 0 Å². The van der Waals surface area contributed by atoms with E-state index in [0.717, 1.165) is 0 Å². The van der Waals surface area contributed by atoms with Crippen molar-refractivity contribution < 1.29 is 28.2 Å². The Balaban J connectivity index is 1.71. The Labute approximate surface area is 161 Å². The second-order valence-electron chi connectivity index (χ2n) is 7.25. The van der Waals surface area contributed by atoms with Gasteiger partial charge in [-0.15, -0.1) is 11.8 Å². The largest absolute Gasteiger partial charge is 0.477 e. The quantitative estimate of drug-likeness (QED) is 0.308. The molecule has 2 fully saturated rings. The van der Waals surface area contributed by atoms with Gasteiger partial charge in [-0.2, -0.15) is 8.42 Å². The molecule has 0 bridgehead atoms. The number of nitrogens with two attached hydrogens (primary N) is 1. The van der Waals surface area contributed by atoms with E-state index in [1.165, 1.54) is 16.7 Å². The molecule has 3 aliphatic heterocycles. The first-order chi connectivity index (χ1) is 12.5. The van der Waals surface area contributed by atoms with Crippen LogP contribution in [-0.4, -0.2) is 71.9 Å². The number of nitrogens with one attached hydrogen (secondary N) is 2. The van der Waals surface area contributed by atoms with Crippen molar-refractivity contribution >= 4 is 33.8 Å². The second kappa shape index (κ2) is 7.33. The number of aliphatic hydroxyl groups excluding tert-OH is 1. The zero-order valence-corrected chi connectivity index (χ0v) is 16.6. The van der Waals surface area contributed by atoms with Crippen molar-refractivity contribution in [1.82, 2.24) is 14.9 Å². The summed E-state index contributed by atoms with van der Waals surface area (Å²) in [5.74, 6) is -2.27. The molecule has 0 radical (unpaired) electrons. The minimum atomic E-state index is -3.76. The predicted molar refractivity (Wildman–Crippen MR) is 98.5 cm³/mol. The molecule has 10 nitrogen and oxygen atoms in total. The molecule has 1 amide bonds. The summed E-state index contributed by atoms with van der Waals surface area (Å²) in [5.41, 5.74) is 0.00510. The lowest BCUT2D eigenvalue weighted by Gasteiger charge is -2.46. The molecule has 0 unspecified atom stereocenters. The number of β-lactam (4-membered cyclic amide) rings is 1. The van der Waals surface area contributed by atoms with Gasteiger partial charge in [-0.25, -0.2) is 14.7 Å². The Kier molecular flexibility index (Phi) is 5.58. The molecule has 0 aromatic carbocycles. The molecule has 3 aliphatic rings. The van der Waals surface area contributed by atoms with Crippen molar-refractivity contribution in [2.24, 2.45) is 17.0 Å². The van der Waals surface area contributed by atoms with Crippen molar-refractivity contribution in [2.45, 2.75) is 43.7 Å². The number of rotatable bonds is 7. The Hall–Kier alpha value is -1.18. The van der Waals surface area contributed by atoms with Crippen molar-refractivity contribution in [3.63, 3.8) is 0 Å². The summed E-state index contributed by atoms with van der Waals surface area (Å²) in [4.78, 5) is 26.1. The number of carbonyl (C=O) groups excluding carboxylic acids is 1. The SMILES string of the molecule is C[C@@H](O)[C@@H]1C(=O)N2C(C(=O)O)=C(S[C@H]3CN[C@@H](CNS(N)(=O)=O)C3)[C@H](C)[C@H]12. The molecule has 2 saturated heterocycles. The van der Waals surface area contributed by atoms with E-state index >= 15 is 0 Å². The topological polar surface area (TPSA) is 162 Å². The molecule has 6 atom stereocenters. The lowest BCUT2D eigenvalue weighted by molar-refractivity contribution is -0.163. The lowest BCUT2D eigenvalue weighted by atomic mass is 9.79. The minimum Gasteiger partial charge on any atom is -0.477 e. The Bertz CT molecular complexity index is 783. The van der Waals surface area contributed by atoms with Gasteiger partial charge in [-0.05, 0) is 13.3 Å². The first-order valence-electron chi connectivity index (χ1n) is 8.67. The summed E-state index contributed by atoms with van der Waals surface area (Å²) in [6.45, 7) is 4.17. The van der Waals surface area contributed by atoms with Crippen LogP contribution >= 0.6 is 11.8 Å². The highest BCUT2D eigenvalue weighted by atomic mass is 32.2. The second-order valence-corrected chi connectivity index (χ2v) is 9.97. The van der Waals surface area contributed by atoms with Crippen LogP contribution < -0.4 is 15.2 Å². The molecule has 0 spiro atoms. The summed E-state index contributed by atoms with van der Waals surface area (Å²) in [5, 5.41) is 27.7. The maximum Gasteiger partial charge on any atom is 0.353 e. The first-order valence-corrected chi connectivity index (χ1v) is 11.1. The fourth-order valence-electron chi connectivity index (χ4n) is 4.10. The van der Waals surface area contributed by atoms with Gasteiger partial charge in [0.1, 0.15) is 5.70 Å². The summed E-state index contributed by atoms with van der Waals surface area (Å²) in [6, 6.07) is -0.435. The summed E-state index contributed by atoms with van der Waals surface area (Å²) < 4.78 is 24.3. The zero-order valence-electron chi connectivity index (χ0n) is 15.0. The van der Waals surface area contributed by atoms with E-state index in [1.807, 2.05) is 6.92 Å². The molecule has 6 N–H and O–H groups in total. The minimum absolute atomic E-state index is 0.00510. The van der Waals surface area contributed by atoms with Crippen LogP contribution in [-0.2, 0) is 19.8 Å². The number of carboxylic acids is 1. The number of nitrogens with zero attached hydrogens (tertiary/aromatic N) is 1. The van der Waals surface area contributed by atoms with E-state index in [2.05, 4.69) is 10.0 Å². The number of amides is 1. The van der Waals surface area contributed by atoms with E-state index in [9.17, 15) is 28.2 Å². The summed E-state index contributed by atoms with van der Waals surface area (Å²) in [7, 11) is -3.76. The lowest BCUT2D eigenvalue weighted by Crippen LogP contribution is -2.63. The Morgan fingerprint density at radius 3 is 2.74 bits per heavy atom. The number of hydrogen-bond donors (Lipinski definition) is 5. The summed E-state index contributed by atoms with van der Waals surface area (Å²) >= 11 is 1.41. The van der Waals surface area contributed by atoms with Gasteiger partial charge < -0.3 is 20.4 Å². The average Bonchev–Trinajstić information content (AvgIpc) is 3.07. The van der Waals surface area contributed by atoms with Crippen LogP contribution in [0.25, 0.3) is 0 Å². The molecule has 0 aromatic rings. The smallest absolute Gasteiger partial charge is 0.353 e. The molecule has 0 aromatic heterocycles. The highest BCUT2D eigenvalue weighted by molar-refractivity contribution is 8.03. The van der Waals surface area contributed by atoms with Crippen LogP contribution in [0.5, 0.6) is 0 Å². The van der Waals surface area contributed by atoms with E-state index in [4.69, 9.17) is 5.14 Å². The number of thioether (sulfide) groups is 1. The molecule has 0 saturated carbocycles. The molecule has 27 heavy (non-hydrogen) atoms. The molecule has 12 heteroatoms. The Morgan fingerprint density at radius 1 is 1.52 bits per heavy atom. The van der Waals surface area contributed by atoms with Gasteiger partial charge >= 0.3 is 5.97 Å². The molecular weight excluding hydrogens is 396 g/mol. The predicted octanol–water partition coefficient (Wildman–Crippen LogP) is -1.60. The summed E-state index contributed by atoms with van der Waals surface area (Å²) in [6.07, 6.45) is -0.197. The van der Waals surface area contributed by atoms with Crippen LogP contribution in [0.4, 0.5) is 0 Å². The van der Waals surface area contributed by atoms with Crippen LogP contribution in [0.15, 0.2) is 10.6 Å². The van der Waals surface area contributed by atoms with Gasteiger partial charge in [-0.1, -0.05) is 6.92 Å². The maximum atomic E-state index is 12.3. The zero-order chi connectivity index (χ0) is 20.1. The van der Waals surface area contributed by atoms with Gasteiger partial charge in [-0.3, -0.25) is 4.79 Å². The maximum absolute atomic E-state index is 12.3. The molecular formula is C15H24N4O6S2.